The van der Waals surface area contributed by atoms with Gasteiger partial charge in [-0.1, -0.05) is 26.0 Å². The van der Waals surface area contributed by atoms with E-state index in [1.54, 1.807) is 4.90 Å². The third-order valence-corrected chi connectivity index (χ3v) is 5.97. The van der Waals surface area contributed by atoms with Crippen molar-refractivity contribution in [2.45, 2.75) is 65.1 Å². The third kappa shape index (κ3) is 5.43. The van der Waals surface area contributed by atoms with Crippen LogP contribution in [0.2, 0.25) is 0 Å². The zero-order chi connectivity index (χ0) is 21.7. The summed E-state index contributed by atoms with van der Waals surface area (Å²) in [5.74, 6) is 0.0106. The minimum atomic E-state index is -0.222. The highest BCUT2D eigenvalue weighted by atomic mass is 16.2. The molecule has 1 N–H and O–H groups in total. The molecule has 1 aromatic carbocycles. The van der Waals surface area contributed by atoms with Crippen LogP contribution in [0.5, 0.6) is 0 Å². The lowest BCUT2D eigenvalue weighted by atomic mass is 10.1. The Bertz CT molecular complexity index is 872. The SMILES string of the molecule is CCc1cccc(NC(=O)N(CC(=O)N(Cc2cccn2C)C2CC2)C(C)CC)c1. The van der Waals surface area contributed by atoms with Crippen LogP contribution < -0.4 is 5.32 Å². The van der Waals surface area contributed by atoms with Gasteiger partial charge >= 0.3 is 6.03 Å². The normalized spacial score (nSPS) is 14.3. The van der Waals surface area contributed by atoms with Crippen LogP contribution in [-0.2, 0) is 24.8 Å². The molecule has 0 aliphatic heterocycles. The number of nitrogens with zero attached hydrogens (tertiary/aromatic N) is 3. The van der Waals surface area contributed by atoms with Gasteiger partial charge in [0, 0.05) is 36.7 Å². The number of benzene rings is 1. The van der Waals surface area contributed by atoms with Gasteiger partial charge in [-0.15, -0.1) is 0 Å². The minimum Gasteiger partial charge on any atom is -0.353 e. The molecule has 1 atom stereocenters. The molecule has 162 valence electrons. The van der Waals surface area contributed by atoms with Gasteiger partial charge in [0.15, 0.2) is 0 Å². The molecule has 1 aliphatic carbocycles. The van der Waals surface area contributed by atoms with E-state index in [-0.39, 0.29) is 30.6 Å². The van der Waals surface area contributed by atoms with Crippen LogP contribution in [0.3, 0.4) is 0 Å². The number of carbonyl (C=O) groups excluding carboxylic acids is 2. The summed E-state index contributed by atoms with van der Waals surface area (Å²) in [6, 6.07) is 11.9. The van der Waals surface area contributed by atoms with E-state index in [0.717, 1.165) is 37.1 Å². The number of nitrogens with one attached hydrogen (secondary N) is 1. The molecule has 0 bridgehead atoms. The van der Waals surface area contributed by atoms with Crippen molar-refractivity contribution in [3.8, 4) is 0 Å². The first-order valence-corrected chi connectivity index (χ1v) is 11.0. The Kier molecular flexibility index (Phi) is 7.19. The average Bonchev–Trinajstić information content (AvgIpc) is 3.51. The number of urea groups is 1. The van der Waals surface area contributed by atoms with Crippen LogP contribution in [0.25, 0.3) is 0 Å². The maximum absolute atomic E-state index is 13.2. The van der Waals surface area contributed by atoms with Gasteiger partial charge in [-0.25, -0.2) is 4.79 Å². The van der Waals surface area contributed by atoms with Crippen molar-refractivity contribution in [2.75, 3.05) is 11.9 Å². The van der Waals surface area contributed by atoms with Gasteiger partial charge < -0.3 is 19.7 Å². The maximum atomic E-state index is 13.2. The summed E-state index contributed by atoms with van der Waals surface area (Å²) in [5.41, 5.74) is 3.04. The van der Waals surface area contributed by atoms with E-state index in [2.05, 4.69) is 12.2 Å². The summed E-state index contributed by atoms with van der Waals surface area (Å²) in [4.78, 5) is 29.9. The number of anilines is 1. The van der Waals surface area contributed by atoms with Gasteiger partial charge in [-0.3, -0.25) is 4.79 Å². The van der Waals surface area contributed by atoms with Crippen molar-refractivity contribution < 1.29 is 9.59 Å². The topological polar surface area (TPSA) is 57.6 Å². The molecule has 1 heterocycles. The molecule has 1 unspecified atom stereocenters. The number of hydrogen-bond acceptors (Lipinski definition) is 2. The van der Waals surface area contributed by atoms with Crippen LogP contribution in [0.1, 0.15) is 51.3 Å². The Morgan fingerprint density at radius 3 is 2.57 bits per heavy atom. The molecule has 3 amide bonds. The summed E-state index contributed by atoms with van der Waals surface area (Å²) < 4.78 is 2.04. The second kappa shape index (κ2) is 9.83. The second-order valence-corrected chi connectivity index (χ2v) is 8.23. The molecule has 0 saturated heterocycles. The van der Waals surface area contributed by atoms with Crippen LogP contribution in [0.15, 0.2) is 42.6 Å². The van der Waals surface area contributed by atoms with Gasteiger partial charge in [-0.2, -0.15) is 0 Å². The van der Waals surface area contributed by atoms with Crippen LogP contribution >= 0.6 is 0 Å². The number of hydrogen-bond donors (Lipinski definition) is 1. The molecule has 0 spiro atoms. The van der Waals surface area contributed by atoms with Gasteiger partial charge in [0.05, 0.1) is 6.54 Å². The molecule has 1 fully saturated rings. The quantitative estimate of drug-likeness (QED) is 0.666. The first-order chi connectivity index (χ1) is 14.4. The van der Waals surface area contributed by atoms with Crippen LogP contribution in [-0.4, -0.2) is 44.9 Å². The van der Waals surface area contributed by atoms with Crippen LogP contribution in [0, 0.1) is 0 Å². The molecular formula is C24H34N4O2. The van der Waals surface area contributed by atoms with E-state index < -0.39 is 0 Å². The first-order valence-electron chi connectivity index (χ1n) is 11.0. The molecule has 1 saturated carbocycles. The van der Waals surface area contributed by atoms with Crippen molar-refractivity contribution in [1.29, 1.82) is 0 Å². The molecule has 0 radical (unpaired) electrons. The van der Waals surface area contributed by atoms with Crippen molar-refractivity contribution >= 4 is 17.6 Å². The van der Waals surface area contributed by atoms with Gasteiger partial charge in [0.1, 0.15) is 6.54 Å². The molecule has 1 aliphatic rings. The van der Waals surface area contributed by atoms with Crippen molar-refractivity contribution in [2.24, 2.45) is 7.05 Å². The van der Waals surface area contributed by atoms with E-state index in [1.165, 1.54) is 5.56 Å². The van der Waals surface area contributed by atoms with Gasteiger partial charge in [-0.05, 0) is 62.4 Å². The average molecular weight is 411 g/mol. The van der Waals surface area contributed by atoms with E-state index in [1.807, 2.05) is 73.0 Å². The Labute approximate surface area is 179 Å². The van der Waals surface area contributed by atoms with E-state index in [9.17, 15) is 9.59 Å². The molecule has 1 aromatic heterocycles. The second-order valence-electron chi connectivity index (χ2n) is 8.23. The predicted octanol–water partition coefficient (Wildman–Crippen LogP) is 4.41. The van der Waals surface area contributed by atoms with Crippen molar-refractivity contribution in [3.63, 3.8) is 0 Å². The van der Waals surface area contributed by atoms with Gasteiger partial charge in [0.25, 0.3) is 0 Å². The van der Waals surface area contributed by atoms with Crippen LogP contribution in [0.4, 0.5) is 10.5 Å². The Morgan fingerprint density at radius 1 is 1.20 bits per heavy atom. The molecule has 6 heteroatoms. The third-order valence-electron chi connectivity index (χ3n) is 5.97. The zero-order valence-corrected chi connectivity index (χ0v) is 18.6. The summed E-state index contributed by atoms with van der Waals surface area (Å²) in [5, 5.41) is 2.99. The Hall–Kier alpha value is -2.76. The minimum absolute atomic E-state index is 0.0106. The summed E-state index contributed by atoms with van der Waals surface area (Å²) in [6.45, 7) is 6.80. The predicted molar refractivity (Wildman–Crippen MR) is 120 cm³/mol. The lowest BCUT2D eigenvalue weighted by molar-refractivity contribution is -0.133. The number of amides is 3. The molecular weight excluding hydrogens is 376 g/mol. The fourth-order valence-electron chi connectivity index (χ4n) is 3.59. The number of rotatable bonds is 9. The largest absolute Gasteiger partial charge is 0.353 e. The van der Waals surface area contributed by atoms with Gasteiger partial charge in [0.2, 0.25) is 5.91 Å². The lowest BCUT2D eigenvalue weighted by Gasteiger charge is -2.31. The van der Waals surface area contributed by atoms with E-state index in [4.69, 9.17) is 0 Å². The highest BCUT2D eigenvalue weighted by molar-refractivity contribution is 5.92. The highest BCUT2D eigenvalue weighted by Gasteiger charge is 2.34. The monoisotopic (exact) mass is 410 g/mol. The summed E-state index contributed by atoms with van der Waals surface area (Å²) in [6.07, 6.45) is 5.77. The first kappa shape index (κ1) is 21.9. The molecule has 3 rings (SSSR count). The number of carbonyl (C=O) groups is 2. The fourth-order valence-corrected chi connectivity index (χ4v) is 3.59. The Balaban J connectivity index is 1.71. The zero-order valence-electron chi connectivity index (χ0n) is 18.6. The summed E-state index contributed by atoms with van der Waals surface area (Å²) >= 11 is 0. The number of aryl methyl sites for hydroxylation is 2. The standard InChI is InChI=1S/C24H34N4O2/c1-5-18(3)27(24(30)25-20-10-7-9-19(6-2)15-20)17-23(29)28(21-12-13-21)16-22-11-8-14-26(22)4/h7-11,14-15,18,21H,5-6,12-13,16-17H2,1-4H3,(H,25,30). The maximum Gasteiger partial charge on any atom is 0.322 e. The molecule has 30 heavy (non-hydrogen) atoms. The number of aromatic nitrogens is 1. The lowest BCUT2D eigenvalue weighted by Crippen LogP contribution is -2.48. The van der Waals surface area contributed by atoms with E-state index in [0.29, 0.717) is 6.54 Å². The fraction of sp³-hybridized carbons (Fsp3) is 0.500. The van der Waals surface area contributed by atoms with Crippen molar-refractivity contribution in [3.05, 3.63) is 53.9 Å². The van der Waals surface area contributed by atoms with E-state index >= 15 is 0 Å². The smallest absolute Gasteiger partial charge is 0.322 e. The molecule has 2 aromatic rings. The van der Waals surface area contributed by atoms with Crippen molar-refractivity contribution in [1.82, 2.24) is 14.4 Å². The molecule has 6 nitrogen and oxygen atoms in total. The summed E-state index contributed by atoms with van der Waals surface area (Å²) in [7, 11) is 1.99. The highest BCUT2D eigenvalue weighted by Crippen LogP contribution is 2.29. The Morgan fingerprint density at radius 2 is 1.97 bits per heavy atom.